The monoisotopic (exact) mass is 422 g/mol. The summed E-state index contributed by atoms with van der Waals surface area (Å²) in [6.45, 7) is 3.59. The van der Waals surface area contributed by atoms with Crippen LogP contribution in [0.2, 0.25) is 0 Å². The third-order valence-electron chi connectivity index (χ3n) is 4.32. The zero-order valence-corrected chi connectivity index (χ0v) is 17.3. The van der Waals surface area contributed by atoms with E-state index in [-0.39, 0.29) is 29.0 Å². The fourth-order valence-corrected chi connectivity index (χ4v) is 5.33. The van der Waals surface area contributed by atoms with Crippen LogP contribution in [0.15, 0.2) is 44.5 Å². The molecule has 1 aliphatic rings. The minimum Gasteiger partial charge on any atom is -0.465 e. The van der Waals surface area contributed by atoms with Crippen molar-refractivity contribution in [3.05, 3.63) is 41.9 Å². The molecule has 7 nitrogen and oxygen atoms in total. The van der Waals surface area contributed by atoms with Gasteiger partial charge in [0, 0.05) is 23.0 Å². The van der Waals surface area contributed by atoms with E-state index in [1.165, 1.54) is 23.9 Å². The van der Waals surface area contributed by atoms with Crippen LogP contribution in [-0.4, -0.2) is 31.7 Å². The van der Waals surface area contributed by atoms with Crippen molar-refractivity contribution in [2.45, 2.75) is 36.6 Å². The molecule has 28 heavy (non-hydrogen) atoms. The van der Waals surface area contributed by atoms with Gasteiger partial charge < -0.3 is 15.1 Å². The van der Waals surface area contributed by atoms with Gasteiger partial charge in [-0.3, -0.25) is 9.59 Å². The lowest BCUT2D eigenvalue weighted by atomic mass is 10.2. The van der Waals surface area contributed by atoms with E-state index >= 15 is 0 Å². The molecule has 1 aromatic heterocycles. The van der Waals surface area contributed by atoms with Crippen LogP contribution in [0.5, 0.6) is 0 Å². The first-order valence-electron chi connectivity index (χ1n) is 8.87. The summed E-state index contributed by atoms with van der Waals surface area (Å²) in [7, 11) is -3.69. The highest BCUT2D eigenvalue weighted by Crippen LogP contribution is 2.33. The van der Waals surface area contributed by atoms with Crippen molar-refractivity contribution >= 4 is 39.1 Å². The first-order valence-corrected chi connectivity index (χ1v) is 11.5. The second-order valence-electron chi connectivity index (χ2n) is 6.72. The summed E-state index contributed by atoms with van der Waals surface area (Å²) in [5, 5.41) is 5.43. The fourth-order valence-electron chi connectivity index (χ4n) is 2.82. The topological polar surface area (TPSA) is 105 Å². The summed E-state index contributed by atoms with van der Waals surface area (Å²) < 4.78 is 30.9. The third kappa shape index (κ3) is 4.96. The summed E-state index contributed by atoms with van der Waals surface area (Å²) in [6.07, 6.45) is 0.383. The van der Waals surface area contributed by atoms with Crippen molar-refractivity contribution in [3.8, 4) is 0 Å². The van der Waals surface area contributed by atoms with Gasteiger partial charge in [-0.05, 0) is 37.3 Å². The molecular formula is C19H22N2O5S2. The van der Waals surface area contributed by atoms with Gasteiger partial charge in [0.25, 0.3) is 0 Å². The fraction of sp³-hybridized carbons (Fsp3) is 0.368. The molecule has 0 radical (unpaired) electrons. The Kier molecular flexibility index (Phi) is 6.14. The SMILES string of the molecule is Cc1ccc(CNC(=O)C(C)CS(=O)(=O)c2ccc3c(c2)NC(=O)CCS3)o1. The number of aryl methyl sites for hydroxylation is 1. The van der Waals surface area contributed by atoms with Crippen LogP contribution in [0.3, 0.4) is 0 Å². The first-order chi connectivity index (χ1) is 13.2. The van der Waals surface area contributed by atoms with E-state index in [0.29, 0.717) is 23.6 Å². The van der Waals surface area contributed by atoms with Gasteiger partial charge in [-0.15, -0.1) is 11.8 Å². The Hall–Kier alpha value is -2.26. The predicted molar refractivity (Wildman–Crippen MR) is 107 cm³/mol. The number of carbonyl (C=O) groups is 2. The Morgan fingerprint density at radius 2 is 2.11 bits per heavy atom. The Bertz CT molecular complexity index is 998. The Morgan fingerprint density at radius 1 is 1.32 bits per heavy atom. The molecule has 9 heteroatoms. The van der Waals surface area contributed by atoms with Crippen LogP contribution in [0.1, 0.15) is 24.9 Å². The average Bonchev–Trinajstić information content (AvgIpc) is 2.95. The molecule has 0 fully saturated rings. The molecule has 2 heterocycles. The normalized spacial score (nSPS) is 15.3. The maximum absolute atomic E-state index is 12.8. The van der Waals surface area contributed by atoms with Gasteiger partial charge in [-0.25, -0.2) is 8.42 Å². The van der Waals surface area contributed by atoms with Crippen LogP contribution < -0.4 is 10.6 Å². The zero-order valence-electron chi connectivity index (χ0n) is 15.7. The molecule has 1 unspecified atom stereocenters. The predicted octanol–water partition coefficient (Wildman–Crippen LogP) is 2.75. The number of hydrogen-bond donors (Lipinski definition) is 2. The Morgan fingerprint density at radius 3 is 2.82 bits per heavy atom. The molecule has 150 valence electrons. The lowest BCUT2D eigenvalue weighted by Crippen LogP contribution is -2.32. The van der Waals surface area contributed by atoms with E-state index in [2.05, 4.69) is 10.6 Å². The number of thioether (sulfide) groups is 1. The minimum atomic E-state index is -3.69. The van der Waals surface area contributed by atoms with Crippen molar-refractivity contribution in [3.63, 3.8) is 0 Å². The number of anilines is 1. The van der Waals surface area contributed by atoms with Crippen LogP contribution >= 0.6 is 11.8 Å². The van der Waals surface area contributed by atoms with Gasteiger partial charge in [0.05, 0.1) is 22.9 Å². The van der Waals surface area contributed by atoms with E-state index in [1.54, 1.807) is 25.1 Å². The zero-order chi connectivity index (χ0) is 20.3. The molecule has 0 saturated heterocycles. The second-order valence-corrected chi connectivity index (χ2v) is 9.89. The second kappa shape index (κ2) is 8.40. The van der Waals surface area contributed by atoms with Gasteiger partial charge in [0.15, 0.2) is 9.84 Å². The largest absolute Gasteiger partial charge is 0.465 e. The number of sulfone groups is 1. The van der Waals surface area contributed by atoms with E-state index in [4.69, 9.17) is 4.42 Å². The smallest absolute Gasteiger partial charge is 0.225 e. The summed E-state index contributed by atoms with van der Waals surface area (Å²) in [4.78, 5) is 24.9. The Balaban J connectivity index is 1.67. The number of rotatable bonds is 6. The maximum Gasteiger partial charge on any atom is 0.225 e. The van der Waals surface area contributed by atoms with Crippen molar-refractivity contribution in [2.75, 3.05) is 16.8 Å². The standard InChI is InChI=1S/C19H22N2O5S2/c1-12(19(23)20-10-14-4-3-13(2)26-14)11-28(24,25)15-5-6-17-16(9-15)21-18(22)7-8-27-17/h3-6,9,12H,7-8,10-11H2,1-2H3,(H,20,23)(H,21,22). The molecule has 0 aliphatic carbocycles. The molecule has 1 aromatic carbocycles. The van der Waals surface area contributed by atoms with E-state index in [1.807, 2.05) is 6.92 Å². The summed E-state index contributed by atoms with van der Waals surface area (Å²) >= 11 is 1.51. The van der Waals surface area contributed by atoms with Gasteiger partial charge in [-0.2, -0.15) is 0 Å². The van der Waals surface area contributed by atoms with E-state index in [0.717, 1.165) is 10.7 Å². The molecule has 0 saturated carbocycles. The first kappa shape index (κ1) is 20.5. The number of benzene rings is 1. The van der Waals surface area contributed by atoms with Crippen LogP contribution in [0.25, 0.3) is 0 Å². The van der Waals surface area contributed by atoms with Crippen molar-refractivity contribution < 1.29 is 22.4 Å². The molecule has 2 N–H and O–H groups in total. The van der Waals surface area contributed by atoms with Crippen molar-refractivity contribution in [1.29, 1.82) is 0 Å². The summed E-state index contributed by atoms with van der Waals surface area (Å²) in [5.41, 5.74) is 0.499. The molecule has 0 spiro atoms. The minimum absolute atomic E-state index is 0.0929. The van der Waals surface area contributed by atoms with Crippen molar-refractivity contribution in [2.24, 2.45) is 5.92 Å². The lowest BCUT2D eigenvalue weighted by molar-refractivity contribution is -0.124. The molecular weight excluding hydrogens is 400 g/mol. The van der Waals surface area contributed by atoms with Crippen LogP contribution in [0.4, 0.5) is 5.69 Å². The van der Waals surface area contributed by atoms with Crippen LogP contribution in [0, 0.1) is 12.8 Å². The quantitative estimate of drug-likeness (QED) is 0.742. The number of hydrogen-bond acceptors (Lipinski definition) is 6. The lowest BCUT2D eigenvalue weighted by Gasteiger charge is -2.14. The van der Waals surface area contributed by atoms with Crippen LogP contribution in [-0.2, 0) is 26.0 Å². The number of amides is 2. The number of nitrogens with one attached hydrogen (secondary N) is 2. The number of furan rings is 1. The van der Waals surface area contributed by atoms with E-state index in [9.17, 15) is 18.0 Å². The highest BCUT2D eigenvalue weighted by Gasteiger charge is 2.25. The number of fused-ring (bicyclic) bond motifs is 1. The van der Waals surface area contributed by atoms with Gasteiger partial charge in [-0.1, -0.05) is 6.92 Å². The van der Waals surface area contributed by atoms with Gasteiger partial charge >= 0.3 is 0 Å². The molecule has 2 aromatic rings. The van der Waals surface area contributed by atoms with Gasteiger partial charge in [0.1, 0.15) is 11.5 Å². The highest BCUT2D eigenvalue weighted by molar-refractivity contribution is 7.99. The molecule has 1 aliphatic heterocycles. The maximum atomic E-state index is 12.8. The number of carbonyl (C=O) groups excluding carboxylic acids is 2. The summed E-state index contributed by atoms with van der Waals surface area (Å²) in [6, 6.07) is 8.25. The molecule has 2 amide bonds. The molecule has 0 bridgehead atoms. The molecule has 1 atom stereocenters. The Labute approximate surface area is 168 Å². The van der Waals surface area contributed by atoms with Gasteiger partial charge in [0.2, 0.25) is 11.8 Å². The third-order valence-corrected chi connectivity index (χ3v) is 7.31. The average molecular weight is 423 g/mol. The van der Waals surface area contributed by atoms with E-state index < -0.39 is 15.8 Å². The molecule has 3 rings (SSSR count). The summed E-state index contributed by atoms with van der Waals surface area (Å²) in [5.74, 6) is 0.447. The van der Waals surface area contributed by atoms with Crippen molar-refractivity contribution in [1.82, 2.24) is 5.32 Å². The highest BCUT2D eigenvalue weighted by atomic mass is 32.2.